The van der Waals surface area contributed by atoms with Crippen LogP contribution in [0.4, 0.5) is 4.39 Å². The van der Waals surface area contributed by atoms with Crippen LogP contribution < -0.4 is 10.5 Å². The molecular formula is C20H25FN2O. The Morgan fingerprint density at radius 1 is 1.08 bits per heavy atom. The number of aromatic nitrogens is 1. The quantitative estimate of drug-likeness (QED) is 0.753. The van der Waals surface area contributed by atoms with Crippen LogP contribution in [0, 0.1) is 5.82 Å². The van der Waals surface area contributed by atoms with E-state index in [2.05, 4.69) is 0 Å². The molecule has 0 saturated carbocycles. The van der Waals surface area contributed by atoms with E-state index in [1.165, 1.54) is 6.07 Å². The topological polar surface area (TPSA) is 40.2 Å². The number of nitrogens with zero attached hydrogens (tertiary/aromatic N) is 1. The van der Waals surface area contributed by atoms with Crippen LogP contribution in [-0.4, -0.2) is 11.1 Å². The molecule has 0 aliphatic carbocycles. The maximum absolute atomic E-state index is 14.3. The molecule has 3 aromatic rings. The standard InChI is InChI=1S/C18H19FN2O.C2H6/c1-21-11-14(9-10-20)17-16(21)8-7-15(19)18(17)22-12-13-5-3-2-4-6-13;1-2/h2-8,11H,9-10,12,20H2,1H3;1-2H3. The van der Waals surface area contributed by atoms with Crippen molar-refractivity contribution in [2.24, 2.45) is 12.8 Å². The molecule has 0 atom stereocenters. The van der Waals surface area contributed by atoms with Gasteiger partial charge in [-0.15, -0.1) is 0 Å². The molecule has 3 nitrogen and oxygen atoms in total. The Hall–Kier alpha value is -2.33. The average Bonchev–Trinajstić information content (AvgIpc) is 2.93. The number of ether oxygens (including phenoxy) is 1. The van der Waals surface area contributed by atoms with Crippen LogP contribution in [0.5, 0.6) is 5.75 Å². The lowest BCUT2D eigenvalue weighted by molar-refractivity contribution is 0.294. The Morgan fingerprint density at radius 2 is 1.79 bits per heavy atom. The number of aryl methyl sites for hydroxylation is 1. The molecule has 2 N–H and O–H groups in total. The van der Waals surface area contributed by atoms with Gasteiger partial charge in [0.25, 0.3) is 0 Å². The Bertz CT molecular complexity index is 781. The molecule has 0 radical (unpaired) electrons. The molecular weight excluding hydrogens is 303 g/mol. The zero-order valence-corrected chi connectivity index (χ0v) is 14.6. The lowest BCUT2D eigenvalue weighted by Crippen LogP contribution is -2.03. The number of benzene rings is 2. The van der Waals surface area contributed by atoms with E-state index in [0.717, 1.165) is 22.0 Å². The second-order valence-electron chi connectivity index (χ2n) is 5.35. The van der Waals surface area contributed by atoms with Gasteiger partial charge in [-0.1, -0.05) is 44.2 Å². The molecule has 0 aliphatic heterocycles. The summed E-state index contributed by atoms with van der Waals surface area (Å²) in [7, 11) is 1.95. The van der Waals surface area contributed by atoms with Gasteiger partial charge in [0.1, 0.15) is 6.61 Å². The van der Waals surface area contributed by atoms with Crippen molar-refractivity contribution in [3.05, 3.63) is 65.6 Å². The van der Waals surface area contributed by atoms with E-state index < -0.39 is 0 Å². The van der Waals surface area contributed by atoms with Gasteiger partial charge in [0, 0.05) is 18.6 Å². The van der Waals surface area contributed by atoms with Crippen LogP contribution in [0.15, 0.2) is 48.7 Å². The third kappa shape index (κ3) is 3.77. The molecule has 0 fully saturated rings. The monoisotopic (exact) mass is 328 g/mol. The van der Waals surface area contributed by atoms with E-state index in [-0.39, 0.29) is 5.82 Å². The van der Waals surface area contributed by atoms with E-state index in [0.29, 0.717) is 25.3 Å². The fourth-order valence-electron chi connectivity index (χ4n) is 2.73. The van der Waals surface area contributed by atoms with E-state index in [9.17, 15) is 4.39 Å². The minimum atomic E-state index is -0.340. The Labute approximate surface area is 142 Å². The summed E-state index contributed by atoms with van der Waals surface area (Å²) in [6.07, 6.45) is 2.69. The van der Waals surface area contributed by atoms with Crippen LogP contribution >= 0.6 is 0 Å². The fraction of sp³-hybridized carbons (Fsp3) is 0.300. The molecule has 0 spiro atoms. The van der Waals surface area contributed by atoms with Crippen molar-refractivity contribution in [2.75, 3.05) is 6.54 Å². The SMILES string of the molecule is CC.Cn1cc(CCN)c2c(OCc3ccccc3)c(F)ccc21. The zero-order valence-electron chi connectivity index (χ0n) is 14.6. The smallest absolute Gasteiger partial charge is 0.165 e. The highest BCUT2D eigenvalue weighted by molar-refractivity contribution is 5.90. The van der Waals surface area contributed by atoms with Gasteiger partial charge in [0.15, 0.2) is 11.6 Å². The first-order valence-electron chi connectivity index (χ1n) is 8.34. The lowest BCUT2D eigenvalue weighted by atomic mass is 10.1. The Balaban J connectivity index is 0.00000100. The minimum absolute atomic E-state index is 0.311. The predicted octanol–water partition coefficient (Wildman–Crippen LogP) is 4.42. The van der Waals surface area contributed by atoms with Crippen LogP contribution in [-0.2, 0) is 20.1 Å². The van der Waals surface area contributed by atoms with Crippen molar-refractivity contribution in [3.8, 4) is 5.75 Å². The molecule has 1 heterocycles. The highest BCUT2D eigenvalue weighted by Gasteiger charge is 2.16. The molecule has 0 aliphatic rings. The van der Waals surface area contributed by atoms with Gasteiger partial charge in [0.2, 0.25) is 0 Å². The highest BCUT2D eigenvalue weighted by atomic mass is 19.1. The molecule has 1 aromatic heterocycles. The summed E-state index contributed by atoms with van der Waals surface area (Å²) in [6.45, 7) is 4.86. The molecule has 4 heteroatoms. The summed E-state index contributed by atoms with van der Waals surface area (Å²) in [4.78, 5) is 0. The number of nitrogens with two attached hydrogens (primary N) is 1. The molecule has 0 amide bonds. The van der Waals surface area contributed by atoms with Crippen molar-refractivity contribution in [1.29, 1.82) is 0 Å². The second-order valence-corrected chi connectivity index (χ2v) is 5.35. The van der Waals surface area contributed by atoms with E-state index in [4.69, 9.17) is 10.5 Å². The predicted molar refractivity (Wildman–Crippen MR) is 97.8 cm³/mol. The van der Waals surface area contributed by atoms with Gasteiger partial charge < -0.3 is 15.0 Å². The number of rotatable bonds is 5. The van der Waals surface area contributed by atoms with Crippen LogP contribution in [0.2, 0.25) is 0 Å². The second kappa shape index (κ2) is 8.50. The molecule has 0 saturated heterocycles. The van der Waals surface area contributed by atoms with Crippen molar-refractivity contribution >= 4 is 10.9 Å². The number of fused-ring (bicyclic) bond motifs is 1. The minimum Gasteiger partial charge on any atom is -0.485 e. The average molecular weight is 328 g/mol. The fourth-order valence-corrected chi connectivity index (χ4v) is 2.73. The number of halogens is 1. The summed E-state index contributed by atoms with van der Waals surface area (Å²) in [5, 5.41) is 0.823. The third-order valence-electron chi connectivity index (χ3n) is 3.78. The van der Waals surface area contributed by atoms with Crippen LogP contribution in [0.25, 0.3) is 10.9 Å². The number of hydrogen-bond acceptors (Lipinski definition) is 2. The normalized spacial score (nSPS) is 10.4. The first-order valence-corrected chi connectivity index (χ1v) is 8.34. The van der Waals surface area contributed by atoms with Gasteiger partial charge >= 0.3 is 0 Å². The van der Waals surface area contributed by atoms with Crippen molar-refractivity contribution in [3.63, 3.8) is 0 Å². The molecule has 128 valence electrons. The molecule has 3 rings (SSSR count). The summed E-state index contributed by atoms with van der Waals surface area (Å²) >= 11 is 0. The maximum atomic E-state index is 14.3. The number of hydrogen-bond donors (Lipinski definition) is 1. The van der Waals surface area contributed by atoms with Gasteiger partial charge in [-0.25, -0.2) is 4.39 Å². The molecule has 2 aromatic carbocycles. The molecule has 0 bridgehead atoms. The van der Waals surface area contributed by atoms with E-state index in [1.807, 2.05) is 62.0 Å². The zero-order chi connectivity index (χ0) is 17.5. The van der Waals surface area contributed by atoms with Crippen molar-refractivity contribution in [2.45, 2.75) is 26.9 Å². The van der Waals surface area contributed by atoms with Gasteiger partial charge in [-0.05, 0) is 36.2 Å². The van der Waals surface area contributed by atoms with Gasteiger partial charge in [0.05, 0.1) is 5.52 Å². The molecule has 24 heavy (non-hydrogen) atoms. The van der Waals surface area contributed by atoms with Crippen molar-refractivity contribution < 1.29 is 9.13 Å². The Morgan fingerprint density at radius 3 is 2.46 bits per heavy atom. The molecule has 0 unspecified atom stereocenters. The largest absolute Gasteiger partial charge is 0.485 e. The first kappa shape index (κ1) is 18.0. The van der Waals surface area contributed by atoms with E-state index >= 15 is 0 Å². The Kier molecular flexibility index (Phi) is 6.38. The van der Waals surface area contributed by atoms with Gasteiger partial charge in [-0.3, -0.25) is 0 Å². The lowest BCUT2D eigenvalue weighted by Gasteiger charge is -2.10. The highest BCUT2D eigenvalue weighted by Crippen LogP contribution is 2.33. The van der Waals surface area contributed by atoms with E-state index in [1.54, 1.807) is 6.07 Å². The van der Waals surface area contributed by atoms with Crippen molar-refractivity contribution in [1.82, 2.24) is 4.57 Å². The summed E-state index contributed by atoms with van der Waals surface area (Å²) < 4.78 is 22.1. The van der Waals surface area contributed by atoms with Gasteiger partial charge in [-0.2, -0.15) is 0 Å². The summed E-state index contributed by atoms with van der Waals surface area (Å²) in [5.74, 6) is -0.0293. The van der Waals surface area contributed by atoms with Crippen LogP contribution in [0.1, 0.15) is 25.0 Å². The summed E-state index contributed by atoms with van der Waals surface area (Å²) in [5.41, 5.74) is 8.65. The first-order chi connectivity index (χ1) is 11.7. The summed E-state index contributed by atoms with van der Waals surface area (Å²) in [6, 6.07) is 13.0. The third-order valence-corrected chi connectivity index (χ3v) is 3.78. The maximum Gasteiger partial charge on any atom is 0.165 e. The van der Waals surface area contributed by atoms with Crippen LogP contribution in [0.3, 0.4) is 0 Å².